The van der Waals surface area contributed by atoms with Crippen LogP contribution in [0.1, 0.15) is 86.0 Å². The third kappa shape index (κ3) is 8.19. The Morgan fingerprint density at radius 1 is 0.829 bits per heavy atom. The number of carbonyl (C=O) groups excluding carboxylic acids is 6. The number of nitrogens with one attached hydrogen (secondary N) is 3. The second-order valence-electron chi connectivity index (χ2n) is 13.2. The van der Waals surface area contributed by atoms with Gasteiger partial charge in [0.2, 0.25) is 23.5 Å². The molecule has 5 N–H and O–H groups in total. The summed E-state index contributed by atoms with van der Waals surface area (Å²) in [6.07, 6.45) is 6.07. The summed E-state index contributed by atoms with van der Waals surface area (Å²) in [5.41, 5.74) is 4.53. The number of likely N-dealkylation sites (tertiary alicyclic amines) is 2. The quantitative estimate of drug-likeness (QED) is 0.268. The van der Waals surface area contributed by atoms with Crippen molar-refractivity contribution in [1.82, 2.24) is 25.8 Å². The first-order chi connectivity index (χ1) is 19.2. The van der Waals surface area contributed by atoms with Crippen molar-refractivity contribution < 1.29 is 28.8 Å². The molecule has 3 unspecified atom stereocenters. The molecular weight excluding hydrogens is 528 g/mol. The lowest BCUT2D eigenvalue weighted by Gasteiger charge is -2.36. The molecule has 2 heterocycles. The van der Waals surface area contributed by atoms with Crippen LogP contribution in [0.25, 0.3) is 0 Å². The second-order valence-corrected chi connectivity index (χ2v) is 13.2. The maximum Gasteiger partial charge on any atom is 0.316 e. The Bertz CT molecular complexity index is 1010. The summed E-state index contributed by atoms with van der Waals surface area (Å²) in [6, 6.07) is -4.21. The van der Waals surface area contributed by atoms with Crippen LogP contribution in [0.2, 0.25) is 0 Å². The van der Waals surface area contributed by atoms with E-state index in [1.165, 1.54) is 4.90 Å². The zero-order chi connectivity index (χ0) is 30.5. The van der Waals surface area contributed by atoms with Crippen molar-refractivity contribution in [1.29, 1.82) is 0 Å². The van der Waals surface area contributed by atoms with Gasteiger partial charge in [0.15, 0.2) is 0 Å². The number of hydrogen-bond donors (Lipinski definition) is 4. The Morgan fingerprint density at radius 2 is 1.46 bits per heavy atom. The molecule has 0 bridgehead atoms. The van der Waals surface area contributed by atoms with E-state index in [2.05, 4.69) is 16.0 Å². The number of rotatable bonds is 11. The van der Waals surface area contributed by atoms with Crippen LogP contribution in [0, 0.1) is 17.3 Å². The highest BCUT2D eigenvalue weighted by molar-refractivity contribution is 6.37. The van der Waals surface area contributed by atoms with Crippen LogP contribution in [0.4, 0.5) is 4.79 Å². The van der Waals surface area contributed by atoms with Crippen LogP contribution < -0.4 is 21.7 Å². The van der Waals surface area contributed by atoms with Gasteiger partial charge < -0.3 is 31.5 Å². The molecule has 3 rings (SSSR count). The van der Waals surface area contributed by atoms with Crippen LogP contribution in [0.3, 0.4) is 0 Å². The van der Waals surface area contributed by atoms with E-state index < -0.39 is 59.1 Å². The van der Waals surface area contributed by atoms with Gasteiger partial charge in [0.1, 0.15) is 18.1 Å². The Hall–Kier alpha value is -3.18. The lowest BCUT2D eigenvalue weighted by Crippen LogP contribution is -2.61. The normalized spacial score (nSPS) is 21.6. The van der Waals surface area contributed by atoms with Gasteiger partial charge >= 0.3 is 6.03 Å². The standard InChI is InChI=1S/C29H48N6O6/c1-17(2)21(26(39)34-13-6-7-14-34)32-28(41)33-23(29(3,4)5)27(40)35-15-9-12-20(35)25(38)31-19(22(36)24(30)37)16-18-10-8-11-18/h17-21,23H,6-16H2,1-5H3,(H2,30,37)(H,31,38)(H2,32,33,41)/t19?,20-,21?,23?/m0/s1. The van der Waals surface area contributed by atoms with Crippen LogP contribution in [0.5, 0.6) is 0 Å². The van der Waals surface area contributed by atoms with Gasteiger partial charge in [-0.05, 0) is 49.4 Å². The van der Waals surface area contributed by atoms with Crippen LogP contribution in [0.15, 0.2) is 0 Å². The SMILES string of the molecule is CC(C)C(NC(=O)NC(C(=O)N1CCC[C@H]1C(=O)NC(CC1CCC1)C(=O)C(N)=O)C(C)(C)C)C(=O)N1CCCC1. The number of ketones is 1. The van der Waals surface area contributed by atoms with E-state index in [4.69, 9.17) is 5.73 Å². The number of primary amides is 1. The predicted octanol–water partition coefficient (Wildman–Crippen LogP) is 1.07. The number of urea groups is 1. The number of amides is 6. The second kappa shape index (κ2) is 13.7. The molecule has 0 radical (unpaired) electrons. The van der Waals surface area contributed by atoms with Gasteiger partial charge in [-0.25, -0.2) is 4.79 Å². The molecule has 0 aromatic carbocycles. The Balaban J connectivity index is 1.70. The highest BCUT2D eigenvalue weighted by Crippen LogP contribution is 2.31. The highest BCUT2D eigenvalue weighted by atomic mass is 16.2. The molecule has 0 spiro atoms. The van der Waals surface area contributed by atoms with Crippen molar-refractivity contribution in [2.45, 2.75) is 110 Å². The predicted molar refractivity (Wildman–Crippen MR) is 152 cm³/mol. The zero-order valence-corrected chi connectivity index (χ0v) is 25.2. The molecule has 0 aromatic rings. The van der Waals surface area contributed by atoms with Crippen molar-refractivity contribution in [3.05, 3.63) is 0 Å². The maximum atomic E-state index is 13.9. The van der Waals surface area contributed by atoms with Crippen LogP contribution in [-0.2, 0) is 24.0 Å². The summed E-state index contributed by atoms with van der Waals surface area (Å²) in [7, 11) is 0. The summed E-state index contributed by atoms with van der Waals surface area (Å²) in [6.45, 7) is 10.8. The van der Waals surface area contributed by atoms with E-state index in [1.54, 1.807) is 4.90 Å². The highest BCUT2D eigenvalue weighted by Gasteiger charge is 2.43. The fraction of sp³-hybridized carbons (Fsp3) is 0.793. The number of carbonyl (C=O) groups is 6. The molecule has 3 aliphatic rings. The zero-order valence-electron chi connectivity index (χ0n) is 25.2. The molecule has 4 atom stereocenters. The summed E-state index contributed by atoms with van der Waals surface area (Å²) in [4.78, 5) is 80.7. The topological polar surface area (TPSA) is 171 Å². The molecule has 230 valence electrons. The van der Waals surface area contributed by atoms with Crippen LogP contribution >= 0.6 is 0 Å². The Kier molecular flexibility index (Phi) is 10.8. The summed E-state index contributed by atoms with van der Waals surface area (Å²) in [5, 5.41) is 8.26. The van der Waals surface area contributed by atoms with Crippen molar-refractivity contribution in [2.24, 2.45) is 23.0 Å². The van der Waals surface area contributed by atoms with Gasteiger partial charge in [-0.3, -0.25) is 24.0 Å². The van der Waals surface area contributed by atoms with E-state index >= 15 is 0 Å². The lowest BCUT2D eigenvalue weighted by molar-refractivity contribution is -0.143. The first-order valence-corrected chi connectivity index (χ1v) is 15.0. The molecule has 1 saturated carbocycles. The summed E-state index contributed by atoms with van der Waals surface area (Å²) < 4.78 is 0. The average molecular weight is 577 g/mol. The lowest BCUT2D eigenvalue weighted by atomic mass is 9.80. The number of Topliss-reactive ketones (excluding diaryl/α,β-unsaturated/α-hetero) is 1. The summed E-state index contributed by atoms with van der Waals surface area (Å²) in [5.74, 6) is -2.91. The molecule has 2 aliphatic heterocycles. The minimum Gasteiger partial charge on any atom is -0.363 e. The molecule has 41 heavy (non-hydrogen) atoms. The van der Waals surface area contributed by atoms with Gasteiger partial charge in [-0.1, -0.05) is 53.9 Å². The molecule has 1 aliphatic carbocycles. The van der Waals surface area contributed by atoms with Crippen molar-refractivity contribution in [3.63, 3.8) is 0 Å². The molecule has 6 amide bonds. The van der Waals surface area contributed by atoms with Gasteiger partial charge in [-0.15, -0.1) is 0 Å². The van der Waals surface area contributed by atoms with Crippen molar-refractivity contribution >= 4 is 35.4 Å². The fourth-order valence-electron chi connectivity index (χ4n) is 5.81. The smallest absolute Gasteiger partial charge is 0.316 e. The van der Waals surface area contributed by atoms with E-state index in [1.807, 2.05) is 34.6 Å². The number of hydrogen-bond acceptors (Lipinski definition) is 6. The number of nitrogens with zero attached hydrogens (tertiary/aromatic N) is 2. The first kappa shape index (κ1) is 32.3. The number of nitrogens with two attached hydrogens (primary N) is 1. The molecule has 2 saturated heterocycles. The largest absolute Gasteiger partial charge is 0.363 e. The van der Waals surface area contributed by atoms with Gasteiger partial charge in [0, 0.05) is 19.6 Å². The van der Waals surface area contributed by atoms with Gasteiger partial charge in [0.25, 0.3) is 5.91 Å². The Morgan fingerprint density at radius 3 is 1.98 bits per heavy atom. The van der Waals surface area contributed by atoms with E-state index in [0.29, 0.717) is 38.9 Å². The monoisotopic (exact) mass is 576 g/mol. The third-order valence-corrected chi connectivity index (χ3v) is 8.53. The third-order valence-electron chi connectivity index (χ3n) is 8.53. The summed E-state index contributed by atoms with van der Waals surface area (Å²) >= 11 is 0. The maximum absolute atomic E-state index is 13.9. The first-order valence-electron chi connectivity index (χ1n) is 15.0. The molecule has 12 heteroatoms. The molecule has 0 aromatic heterocycles. The molecule has 3 fully saturated rings. The van der Waals surface area contributed by atoms with Gasteiger partial charge in [-0.2, -0.15) is 0 Å². The van der Waals surface area contributed by atoms with Crippen molar-refractivity contribution in [3.8, 4) is 0 Å². The fourth-order valence-corrected chi connectivity index (χ4v) is 5.81. The van der Waals surface area contributed by atoms with Crippen molar-refractivity contribution in [2.75, 3.05) is 19.6 Å². The van der Waals surface area contributed by atoms with E-state index in [9.17, 15) is 28.8 Å². The minimum absolute atomic E-state index is 0.135. The van der Waals surface area contributed by atoms with E-state index in [0.717, 1.165) is 32.1 Å². The molecule has 12 nitrogen and oxygen atoms in total. The minimum atomic E-state index is -1.10. The average Bonchev–Trinajstić information content (AvgIpc) is 3.57. The van der Waals surface area contributed by atoms with Crippen LogP contribution in [-0.4, -0.2) is 89.0 Å². The Labute approximate surface area is 242 Å². The van der Waals surface area contributed by atoms with E-state index in [-0.39, 0.29) is 17.7 Å². The molecular formula is C29H48N6O6. The van der Waals surface area contributed by atoms with Gasteiger partial charge in [0.05, 0.1) is 6.04 Å².